The third-order valence-corrected chi connectivity index (χ3v) is 19.2. The van der Waals surface area contributed by atoms with E-state index in [9.17, 15) is 60.7 Å². The highest BCUT2D eigenvalue weighted by Crippen LogP contribution is 2.76. The average molecular weight is 941 g/mol. The van der Waals surface area contributed by atoms with Crippen molar-refractivity contribution in [3.05, 3.63) is 11.6 Å². The normalized spacial score (nSPS) is 53.2. The van der Waals surface area contributed by atoms with Gasteiger partial charge in [0, 0.05) is 0 Å². The van der Waals surface area contributed by atoms with Crippen molar-refractivity contribution in [1.29, 1.82) is 0 Å². The van der Waals surface area contributed by atoms with Crippen LogP contribution in [-0.2, 0) is 38.0 Å². The summed E-state index contributed by atoms with van der Waals surface area (Å²) in [4.78, 5) is 26.8. The number of carboxylic acid groups (broad SMARTS) is 1. The van der Waals surface area contributed by atoms with E-state index >= 15 is 0 Å². The molecule has 3 heterocycles. The highest BCUT2D eigenvalue weighted by atomic mass is 16.7. The van der Waals surface area contributed by atoms with Gasteiger partial charge in [-0.15, -0.1) is 0 Å². The van der Waals surface area contributed by atoms with Crippen LogP contribution >= 0.6 is 0 Å². The molecule has 3 saturated heterocycles. The van der Waals surface area contributed by atoms with Crippen LogP contribution in [0.2, 0.25) is 0 Å². The molecule has 0 aromatic heterocycles. The number of rotatable bonds is 8. The van der Waals surface area contributed by atoms with Gasteiger partial charge in [0.2, 0.25) is 6.29 Å². The Morgan fingerprint density at radius 3 is 1.95 bits per heavy atom. The molecule has 8 aliphatic rings. The standard InChI is InChI=1S/C48H76O18/c1-21-28(50)29(51)33(55)39(61-21)64-36-24(20-49)62-40(35(57)32(36)54)66-42(60)48-17-15-43(2,3)19-23(48)22-9-10-26-45(6)13-12-27(63-41-34(56)30(52)31(53)37(65-41)38(58)59)44(4,5)25(45)11-14-47(26,8)46(22,7)16-18-48/h9,21,23-37,39-41,49-57H,10-20H2,1-8H3,(H,58,59)/t21-,23-,24+,25+,26+,27-,28-,29+,30-,31-,32+,33+,34+,35+,36+,37-,39-,40-,41+,45-,46+,47+,48-/m0/s1. The summed E-state index contributed by atoms with van der Waals surface area (Å²) in [5.41, 5.74) is -0.846. The molecule has 376 valence electrons. The second-order valence-corrected chi connectivity index (χ2v) is 23.5. The molecule has 66 heavy (non-hydrogen) atoms. The summed E-state index contributed by atoms with van der Waals surface area (Å²) in [6.45, 7) is 16.7. The van der Waals surface area contributed by atoms with Crippen molar-refractivity contribution in [2.45, 2.75) is 218 Å². The predicted molar refractivity (Wildman–Crippen MR) is 229 cm³/mol. The molecule has 5 aliphatic carbocycles. The van der Waals surface area contributed by atoms with E-state index in [0.29, 0.717) is 25.7 Å². The maximum Gasteiger partial charge on any atom is 0.335 e. The molecule has 8 rings (SSSR count). The van der Waals surface area contributed by atoms with Crippen LogP contribution in [0, 0.1) is 50.2 Å². The van der Waals surface area contributed by atoms with E-state index in [0.717, 1.165) is 38.5 Å². The van der Waals surface area contributed by atoms with E-state index < -0.39 is 128 Å². The molecule has 7 fully saturated rings. The first-order valence-corrected chi connectivity index (χ1v) is 24.2. The van der Waals surface area contributed by atoms with Gasteiger partial charge < -0.3 is 79.5 Å². The SMILES string of the molecule is C[C@@H]1O[C@@H](O[C@H]2[C@H](O)[C@@H](O)[C@H](OC(=O)[C@]34CCC(C)(C)C[C@H]3C3=CC[C@@H]5[C@@]6(C)CC[C@H](O[C@@H]7O[C@H](C(=O)O)[C@@H](O)[C@H](O)[C@H]7O)C(C)(C)[C@H]6CC[C@@]5(C)[C@]3(C)CC4)O[C@@H]2CO)[C@H](O)[C@H](O)[C@H]1O. The van der Waals surface area contributed by atoms with Crippen LogP contribution in [0.4, 0.5) is 0 Å². The zero-order valence-corrected chi connectivity index (χ0v) is 39.6. The summed E-state index contributed by atoms with van der Waals surface area (Å²) in [6, 6.07) is 0. The van der Waals surface area contributed by atoms with Crippen LogP contribution in [0.25, 0.3) is 0 Å². The highest BCUT2D eigenvalue weighted by molar-refractivity contribution is 5.79. The first kappa shape index (κ1) is 50.5. The van der Waals surface area contributed by atoms with Gasteiger partial charge >= 0.3 is 11.9 Å². The van der Waals surface area contributed by atoms with Gasteiger partial charge in [-0.3, -0.25) is 4.79 Å². The number of hydrogen-bond donors (Lipinski definition) is 10. The zero-order chi connectivity index (χ0) is 48.4. The molecule has 4 saturated carbocycles. The molecular formula is C48H76O18. The number of aliphatic hydroxyl groups is 9. The van der Waals surface area contributed by atoms with Gasteiger partial charge in [0.25, 0.3) is 0 Å². The molecular weight excluding hydrogens is 865 g/mol. The number of allylic oxidation sites excluding steroid dienone is 2. The molecule has 0 bridgehead atoms. The van der Waals surface area contributed by atoms with Crippen molar-refractivity contribution in [3.8, 4) is 0 Å². The molecule has 10 N–H and O–H groups in total. The Bertz CT molecular complexity index is 1860. The maximum absolute atomic E-state index is 14.9. The van der Waals surface area contributed by atoms with Gasteiger partial charge in [-0.05, 0) is 116 Å². The van der Waals surface area contributed by atoms with Crippen molar-refractivity contribution in [1.82, 2.24) is 0 Å². The molecule has 0 aromatic carbocycles. The minimum atomic E-state index is -1.81. The third-order valence-electron chi connectivity index (χ3n) is 19.2. The van der Waals surface area contributed by atoms with Gasteiger partial charge in [0.15, 0.2) is 18.7 Å². The number of hydrogen-bond acceptors (Lipinski definition) is 17. The number of aliphatic hydroxyl groups excluding tert-OH is 9. The monoisotopic (exact) mass is 941 g/mol. The Labute approximate surface area is 386 Å². The summed E-state index contributed by atoms with van der Waals surface area (Å²) in [5.74, 6) is -1.76. The lowest BCUT2D eigenvalue weighted by Gasteiger charge is -2.71. The molecule has 18 nitrogen and oxygen atoms in total. The molecule has 0 aromatic rings. The van der Waals surface area contributed by atoms with Crippen molar-refractivity contribution >= 4 is 11.9 Å². The van der Waals surface area contributed by atoms with Crippen molar-refractivity contribution < 1.29 is 89.1 Å². The Kier molecular flexibility index (Phi) is 13.4. The van der Waals surface area contributed by atoms with Crippen LogP contribution < -0.4 is 0 Å². The molecule has 0 radical (unpaired) electrons. The minimum Gasteiger partial charge on any atom is -0.479 e. The van der Waals surface area contributed by atoms with E-state index in [4.69, 9.17) is 28.4 Å². The van der Waals surface area contributed by atoms with Gasteiger partial charge in [-0.25, -0.2) is 4.79 Å². The topological polar surface area (TPSA) is 292 Å². The van der Waals surface area contributed by atoms with E-state index in [2.05, 4.69) is 54.5 Å². The van der Waals surface area contributed by atoms with E-state index in [1.165, 1.54) is 12.5 Å². The number of aliphatic carboxylic acids is 1. The quantitative estimate of drug-likeness (QED) is 0.0931. The smallest absolute Gasteiger partial charge is 0.335 e. The van der Waals surface area contributed by atoms with Gasteiger partial charge in [0.1, 0.15) is 61.0 Å². The summed E-state index contributed by atoms with van der Waals surface area (Å²) in [6.07, 6.45) is -14.5. The van der Waals surface area contributed by atoms with Crippen LogP contribution in [0.1, 0.15) is 120 Å². The van der Waals surface area contributed by atoms with Gasteiger partial charge in [-0.1, -0.05) is 60.1 Å². The second-order valence-electron chi connectivity index (χ2n) is 23.5. The second kappa shape index (κ2) is 17.5. The summed E-state index contributed by atoms with van der Waals surface area (Å²) in [5, 5.41) is 106. The first-order valence-electron chi connectivity index (χ1n) is 24.2. The van der Waals surface area contributed by atoms with Crippen LogP contribution in [0.15, 0.2) is 11.6 Å². The van der Waals surface area contributed by atoms with Crippen molar-refractivity contribution in [3.63, 3.8) is 0 Å². The maximum atomic E-state index is 14.9. The fraction of sp³-hybridized carbons (Fsp3) is 0.917. The summed E-state index contributed by atoms with van der Waals surface area (Å²) in [7, 11) is 0. The number of ether oxygens (including phenoxy) is 6. The summed E-state index contributed by atoms with van der Waals surface area (Å²) < 4.78 is 35.4. The molecule has 0 spiro atoms. The fourth-order valence-corrected chi connectivity index (χ4v) is 15.0. The lowest BCUT2D eigenvalue weighted by atomic mass is 9.33. The zero-order valence-electron chi connectivity index (χ0n) is 39.6. The van der Waals surface area contributed by atoms with E-state index in [1.54, 1.807) is 0 Å². The molecule has 0 amide bonds. The Morgan fingerprint density at radius 1 is 0.682 bits per heavy atom. The van der Waals surface area contributed by atoms with E-state index in [-0.39, 0.29) is 39.4 Å². The van der Waals surface area contributed by atoms with Crippen molar-refractivity contribution in [2.24, 2.45) is 50.2 Å². The number of carbonyl (C=O) groups is 2. The summed E-state index contributed by atoms with van der Waals surface area (Å²) >= 11 is 0. The lowest BCUT2D eigenvalue weighted by Crippen LogP contribution is -2.66. The molecule has 0 unspecified atom stereocenters. The third kappa shape index (κ3) is 7.74. The lowest BCUT2D eigenvalue weighted by molar-refractivity contribution is -0.353. The number of carbonyl (C=O) groups excluding carboxylic acids is 1. The van der Waals surface area contributed by atoms with Crippen LogP contribution in [0.5, 0.6) is 0 Å². The Hall–Kier alpha value is -1.88. The minimum absolute atomic E-state index is 0.0952. The van der Waals surface area contributed by atoms with E-state index in [1.807, 2.05) is 0 Å². The Balaban J connectivity index is 1.02. The molecule has 23 atom stereocenters. The predicted octanol–water partition coefficient (Wildman–Crippen LogP) is 1.26. The number of fused-ring (bicyclic) bond motifs is 7. The molecule has 18 heteroatoms. The van der Waals surface area contributed by atoms with Crippen molar-refractivity contribution in [2.75, 3.05) is 6.61 Å². The number of carboxylic acids is 1. The van der Waals surface area contributed by atoms with Gasteiger partial charge in [0.05, 0.1) is 24.2 Å². The highest BCUT2D eigenvalue weighted by Gasteiger charge is 2.70. The average Bonchev–Trinajstić information content (AvgIpc) is 3.25. The number of esters is 1. The first-order chi connectivity index (χ1) is 30.7. The van der Waals surface area contributed by atoms with Crippen LogP contribution in [-0.4, -0.2) is 168 Å². The molecule has 3 aliphatic heterocycles. The largest absolute Gasteiger partial charge is 0.479 e. The van der Waals surface area contributed by atoms with Crippen LogP contribution in [0.3, 0.4) is 0 Å². The van der Waals surface area contributed by atoms with Gasteiger partial charge in [-0.2, -0.15) is 0 Å². The fourth-order valence-electron chi connectivity index (χ4n) is 15.0. The Morgan fingerprint density at radius 2 is 1.30 bits per heavy atom.